The predicted molar refractivity (Wildman–Crippen MR) is 73.0 cm³/mol. The van der Waals surface area contributed by atoms with Crippen LogP contribution in [-0.2, 0) is 6.42 Å². The van der Waals surface area contributed by atoms with Gasteiger partial charge >= 0.3 is 0 Å². The molecule has 0 spiro atoms. The van der Waals surface area contributed by atoms with Crippen LogP contribution >= 0.6 is 34.9 Å². The van der Waals surface area contributed by atoms with Crippen molar-refractivity contribution in [2.24, 2.45) is 5.73 Å². The van der Waals surface area contributed by atoms with Gasteiger partial charge in [0.2, 0.25) is 0 Å². The lowest BCUT2D eigenvalue weighted by Gasteiger charge is -2.06. The lowest BCUT2D eigenvalue weighted by Crippen LogP contribution is -2.03. The molecule has 0 bridgehead atoms. The maximum Gasteiger partial charge on any atom is 0.174 e. The molecule has 1 aromatic carbocycles. The second kappa shape index (κ2) is 5.82. The Balaban J connectivity index is 2.25. The van der Waals surface area contributed by atoms with Crippen LogP contribution in [-0.4, -0.2) is 15.9 Å². The molecule has 3 nitrogen and oxygen atoms in total. The normalized spacial score (nSPS) is 10.8. The van der Waals surface area contributed by atoms with Crippen LogP contribution in [0.2, 0.25) is 5.02 Å². The first-order chi connectivity index (χ1) is 8.19. The number of aromatic nitrogens is 2. The summed E-state index contributed by atoms with van der Waals surface area (Å²) in [4.78, 5) is 5.48. The Kier molecular flexibility index (Phi) is 4.39. The van der Waals surface area contributed by atoms with Gasteiger partial charge in [0.1, 0.15) is 5.82 Å². The average molecular weight is 286 g/mol. The first-order valence-corrected chi connectivity index (χ1v) is 7.12. The molecule has 0 fully saturated rings. The molecule has 6 heteroatoms. The summed E-state index contributed by atoms with van der Waals surface area (Å²) in [5.74, 6) is 0.812. The van der Waals surface area contributed by atoms with Gasteiger partial charge in [0.15, 0.2) is 4.34 Å². The molecule has 1 aromatic heterocycles. The van der Waals surface area contributed by atoms with Crippen LogP contribution in [0.1, 0.15) is 11.4 Å². The van der Waals surface area contributed by atoms with Crippen molar-refractivity contribution in [1.82, 2.24) is 9.36 Å². The van der Waals surface area contributed by atoms with Gasteiger partial charge in [0.05, 0.1) is 0 Å². The quantitative estimate of drug-likeness (QED) is 0.937. The molecule has 0 unspecified atom stereocenters. The number of nitrogens with two attached hydrogens (primary N) is 1. The lowest BCUT2D eigenvalue weighted by atomic mass is 10.1. The SMILES string of the molecule is Cc1nsc(Sc2ccc(Cl)cc2CCN)n1. The molecular formula is C11H12ClN3S2. The molecule has 0 amide bonds. The van der Waals surface area contributed by atoms with Crippen molar-refractivity contribution in [3.63, 3.8) is 0 Å². The van der Waals surface area contributed by atoms with Crippen molar-refractivity contribution in [3.05, 3.63) is 34.6 Å². The molecule has 0 saturated carbocycles. The van der Waals surface area contributed by atoms with E-state index in [1.165, 1.54) is 11.5 Å². The van der Waals surface area contributed by atoms with Gasteiger partial charge in [-0.1, -0.05) is 23.4 Å². The second-order valence-corrected chi connectivity index (χ2v) is 5.98. The van der Waals surface area contributed by atoms with E-state index in [0.717, 1.165) is 32.1 Å². The minimum atomic E-state index is 0.614. The molecule has 0 aliphatic carbocycles. The van der Waals surface area contributed by atoms with Crippen LogP contribution in [0, 0.1) is 6.92 Å². The van der Waals surface area contributed by atoms with E-state index in [0.29, 0.717) is 6.54 Å². The van der Waals surface area contributed by atoms with Crippen molar-refractivity contribution in [2.45, 2.75) is 22.6 Å². The highest BCUT2D eigenvalue weighted by Gasteiger charge is 2.08. The highest BCUT2D eigenvalue weighted by Crippen LogP contribution is 2.33. The number of hydrogen-bond acceptors (Lipinski definition) is 5. The highest BCUT2D eigenvalue weighted by molar-refractivity contribution is 8.01. The van der Waals surface area contributed by atoms with Gasteiger partial charge in [0.25, 0.3) is 0 Å². The number of nitrogens with zero attached hydrogens (tertiary/aromatic N) is 2. The zero-order valence-electron chi connectivity index (χ0n) is 9.31. The van der Waals surface area contributed by atoms with Crippen LogP contribution in [0.3, 0.4) is 0 Å². The number of benzene rings is 1. The largest absolute Gasteiger partial charge is 0.330 e. The van der Waals surface area contributed by atoms with Crippen molar-refractivity contribution in [1.29, 1.82) is 0 Å². The molecule has 2 N–H and O–H groups in total. The van der Waals surface area contributed by atoms with E-state index in [1.807, 2.05) is 25.1 Å². The Morgan fingerprint density at radius 2 is 2.29 bits per heavy atom. The number of hydrogen-bond donors (Lipinski definition) is 1. The van der Waals surface area contributed by atoms with Crippen molar-refractivity contribution in [3.8, 4) is 0 Å². The number of aryl methyl sites for hydroxylation is 1. The minimum absolute atomic E-state index is 0.614. The molecule has 17 heavy (non-hydrogen) atoms. The summed E-state index contributed by atoms with van der Waals surface area (Å²) < 4.78 is 5.11. The van der Waals surface area contributed by atoms with E-state index in [9.17, 15) is 0 Å². The minimum Gasteiger partial charge on any atom is -0.330 e. The Morgan fingerprint density at radius 3 is 2.94 bits per heavy atom. The summed E-state index contributed by atoms with van der Waals surface area (Å²) in [5, 5.41) is 0.742. The zero-order valence-corrected chi connectivity index (χ0v) is 11.7. The molecule has 90 valence electrons. The van der Waals surface area contributed by atoms with E-state index >= 15 is 0 Å². The van der Waals surface area contributed by atoms with Gasteiger partial charge in [-0.25, -0.2) is 4.98 Å². The van der Waals surface area contributed by atoms with Crippen LogP contribution in [0.5, 0.6) is 0 Å². The maximum absolute atomic E-state index is 5.98. The fraction of sp³-hybridized carbons (Fsp3) is 0.273. The molecule has 0 saturated heterocycles. The third-order valence-electron chi connectivity index (χ3n) is 2.14. The fourth-order valence-corrected chi connectivity index (χ4v) is 3.35. The highest BCUT2D eigenvalue weighted by atomic mass is 35.5. The molecule has 0 radical (unpaired) electrons. The zero-order chi connectivity index (χ0) is 12.3. The molecule has 0 atom stereocenters. The molecule has 0 aliphatic rings. The van der Waals surface area contributed by atoms with Gasteiger partial charge < -0.3 is 5.73 Å². The average Bonchev–Trinajstić information content (AvgIpc) is 2.69. The topological polar surface area (TPSA) is 51.8 Å². The van der Waals surface area contributed by atoms with Gasteiger partial charge in [-0.15, -0.1) is 0 Å². The standard InChI is InChI=1S/C11H12ClN3S2/c1-7-14-11(17-15-7)16-10-3-2-9(12)6-8(10)4-5-13/h2-3,6H,4-5,13H2,1H3. The summed E-state index contributed by atoms with van der Waals surface area (Å²) in [7, 11) is 0. The molecular weight excluding hydrogens is 274 g/mol. The number of halogens is 1. The monoisotopic (exact) mass is 285 g/mol. The van der Waals surface area contributed by atoms with Gasteiger partial charge in [-0.2, -0.15) is 4.37 Å². The molecule has 2 rings (SSSR count). The van der Waals surface area contributed by atoms with Crippen LogP contribution in [0.4, 0.5) is 0 Å². The molecule has 1 heterocycles. The first-order valence-electron chi connectivity index (χ1n) is 5.15. The second-order valence-electron chi connectivity index (χ2n) is 3.50. The Hall–Kier alpha value is -0.620. The first kappa shape index (κ1) is 12.8. The maximum atomic E-state index is 5.98. The van der Waals surface area contributed by atoms with Crippen molar-refractivity contribution in [2.75, 3.05) is 6.54 Å². The Morgan fingerprint density at radius 1 is 1.47 bits per heavy atom. The van der Waals surface area contributed by atoms with Gasteiger partial charge in [-0.3, -0.25) is 0 Å². The Bertz CT molecular complexity index is 513. The fourth-order valence-electron chi connectivity index (χ4n) is 1.41. The van der Waals surface area contributed by atoms with E-state index in [-0.39, 0.29) is 0 Å². The van der Waals surface area contributed by atoms with Gasteiger partial charge in [-0.05, 0) is 55.2 Å². The van der Waals surface area contributed by atoms with E-state index < -0.39 is 0 Å². The van der Waals surface area contributed by atoms with E-state index in [2.05, 4.69) is 9.36 Å². The summed E-state index contributed by atoms with van der Waals surface area (Å²) in [6.07, 6.45) is 0.820. The van der Waals surface area contributed by atoms with Crippen LogP contribution in [0.25, 0.3) is 0 Å². The third-order valence-corrected chi connectivity index (χ3v) is 4.34. The molecule has 0 aliphatic heterocycles. The lowest BCUT2D eigenvalue weighted by molar-refractivity contribution is 0.944. The van der Waals surface area contributed by atoms with Crippen LogP contribution < -0.4 is 5.73 Å². The van der Waals surface area contributed by atoms with E-state index in [4.69, 9.17) is 17.3 Å². The summed E-state index contributed by atoms with van der Waals surface area (Å²) in [6, 6.07) is 5.86. The Labute approximate surface area is 114 Å². The van der Waals surface area contributed by atoms with Crippen molar-refractivity contribution >= 4 is 34.9 Å². The summed E-state index contributed by atoms with van der Waals surface area (Å²) >= 11 is 9.01. The summed E-state index contributed by atoms with van der Waals surface area (Å²) in [5.41, 5.74) is 6.76. The predicted octanol–water partition coefficient (Wildman–Crippen LogP) is 3.15. The summed E-state index contributed by atoms with van der Waals surface area (Å²) in [6.45, 7) is 2.51. The smallest absolute Gasteiger partial charge is 0.174 e. The van der Waals surface area contributed by atoms with Crippen molar-refractivity contribution < 1.29 is 0 Å². The molecule has 2 aromatic rings. The van der Waals surface area contributed by atoms with Crippen LogP contribution in [0.15, 0.2) is 27.4 Å². The number of rotatable bonds is 4. The van der Waals surface area contributed by atoms with E-state index in [1.54, 1.807) is 11.8 Å². The van der Waals surface area contributed by atoms with Gasteiger partial charge in [0, 0.05) is 9.92 Å². The third kappa shape index (κ3) is 3.42.